The molecule has 0 bridgehead atoms. The molecule has 1 rings (SSSR count). The summed E-state index contributed by atoms with van der Waals surface area (Å²) in [6.45, 7) is 0.862. The first-order chi connectivity index (χ1) is 10.7. The molecule has 142 valence electrons. The summed E-state index contributed by atoms with van der Waals surface area (Å²) in [5.41, 5.74) is 0. The maximum atomic E-state index is 11.4. The molecule has 0 atom stereocenters. The second kappa shape index (κ2) is 8.84. The number of aryl methyl sites for hydroxylation is 2. The van der Waals surface area contributed by atoms with E-state index in [9.17, 15) is 35.8 Å². The maximum absolute atomic E-state index is 11.4. The third-order valence-electron chi connectivity index (χ3n) is 2.51. The molecule has 24 heavy (non-hydrogen) atoms. The number of phosphoric acid groups is 1. The second-order valence-corrected chi connectivity index (χ2v) is 5.88. The molecular formula is C11H17F6N2O4P. The Kier molecular flexibility index (Phi) is 8.43. The highest BCUT2D eigenvalue weighted by Gasteiger charge is 2.33. The molecule has 1 aromatic heterocycles. The Morgan fingerprint density at radius 2 is 1.58 bits per heavy atom. The van der Waals surface area contributed by atoms with E-state index in [1.165, 1.54) is 5.82 Å². The van der Waals surface area contributed by atoms with Crippen molar-refractivity contribution >= 4 is 7.82 Å². The van der Waals surface area contributed by atoms with E-state index in [1.54, 1.807) is 0 Å². The fraction of sp³-hybridized carbons (Fsp3) is 0.727. The second-order valence-electron chi connectivity index (χ2n) is 4.47. The predicted octanol–water partition coefficient (Wildman–Crippen LogP) is 2.25. The number of imidazole rings is 1. The van der Waals surface area contributed by atoms with Gasteiger partial charge < -0.3 is 13.9 Å². The van der Waals surface area contributed by atoms with E-state index >= 15 is 0 Å². The van der Waals surface area contributed by atoms with Crippen molar-refractivity contribution in [2.75, 3.05) is 13.2 Å². The average Bonchev–Trinajstić information content (AvgIpc) is 2.74. The van der Waals surface area contributed by atoms with Crippen molar-refractivity contribution in [2.45, 2.75) is 32.7 Å². The van der Waals surface area contributed by atoms with E-state index in [0.29, 0.717) is 0 Å². The Labute approximate surface area is 134 Å². The Bertz CT molecular complexity index is 536. The summed E-state index contributed by atoms with van der Waals surface area (Å²) in [6, 6.07) is 0. The number of halogens is 6. The number of hydrogen-bond acceptors (Lipinski definition) is 4. The monoisotopic (exact) mass is 386 g/mol. The molecule has 0 radical (unpaired) electrons. The van der Waals surface area contributed by atoms with Crippen LogP contribution in [0.3, 0.4) is 0 Å². The van der Waals surface area contributed by atoms with Crippen LogP contribution in [0.2, 0.25) is 0 Å². The topological polar surface area (TPSA) is 67.4 Å². The standard InChI is InChI=1S/C7H13N2.C4H5F6O4P/c1-4-9-6-5-8(3)7(9)2;5-3(6,7)1-13-15(11,12)14-2-4(8,9)10/h5-6H,4H2,1-3H3;1-2H2,(H,11,12)/q+1;/p-1. The van der Waals surface area contributed by atoms with E-state index in [1.807, 2.05) is 0 Å². The molecule has 13 heteroatoms. The number of phosphoric ester groups is 1. The first-order valence-corrected chi connectivity index (χ1v) is 7.88. The lowest BCUT2D eigenvalue weighted by atomic mass is 10.6. The van der Waals surface area contributed by atoms with Crippen molar-refractivity contribution in [3.05, 3.63) is 18.2 Å². The number of aromatic nitrogens is 2. The fourth-order valence-electron chi connectivity index (χ4n) is 1.27. The molecule has 1 aromatic rings. The van der Waals surface area contributed by atoms with Crippen LogP contribution >= 0.6 is 7.82 Å². The summed E-state index contributed by atoms with van der Waals surface area (Å²) in [5.74, 6) is 1.30. The molecule has 0 aliphatic carbocycles. The molecular weight excluding hydrogens is 369 g/mol. The summed E-state index contributed by atoms with van der Waals surface area (Å²) < 4.78 is 89.3. The molecule has 0 fully saturated rings. The van der Waals surface area contributed by atoms with Crippen molar-refractivity contribution in [1.82, 2.24) is 4.57 Å². The molecule has 0 N–H and O–H groups in total. The molecule has 0 saturated carbocycles. The Morgan fingerprint density at radius 3 is 1.79 bits per heavy atom. The Hall–Kier alpha value is -1.10. The third-order valence-corrected chi connectivity index (χ3v) is 3.40. The van der Waals surface area contributed by atoms with Crippen molar-refractivity contribution in [1.29, 1.82) is 0 Å². The van der Waals surface area contributed by atoms with Gasteiger partial charge >= 0.3 is 12.4 Å². The van der Waals surface area contributed by atoms with E-state index in [4.69, 9.17) is 0 Å². The Morgan fingerprint density at radius 1 is 1.17 bits per heavy atom. The first-order valence-electron chi connectivity index (χ1n) is 6.42. The van der Waals surface area contributed by atoms with E-state index < -0.39 is 33.4 Å². The molecule has 1 heterocycles. The molecule has 0 amide bonds. The van der Waals surface area contributed by atoms with Gasteiger partial charge in [-0.1, -0.05) is 0 Å². The molecule has 6 nitrogen and oxygen atoms in total. The molecule has 0 unspecified atom stereocenters. The van der Waals surface area contributed by atoms with Gasteiger partial charge in [0.15, 0.2) is 13.2 Å². The van der Waals surface area contributed by atoms with Crippen LogP contribution in [-0.2, 0) is 27.2 Å². The lowest BCUT2D eigenvalue weighted by Gasteiger charge is -2.23. The van der Waals surface area contributed by atoms with Crippen LogP contribution in [0.1, 0.15) is 12.7 Å². The molecule has 0 saturated heterocycles. The van der Waals surface area contributed by atoms with E-state index in [2.05, 4.69) is 51.5 Å². The van der Waals surface area contributed by atoms with Gasteiger partial charge in [0.25, 0.3) is 13.6 Å². The quantitative estimate of drug-likeness (QED) is 0.442. The average molecular weight is 386 g/mol. The van der Waals surface area contributed by atoms with Crippen molar-refractivity contribution in [3.63, 3.8) is 0 Å². The zero-order valence-corrected chi connectivity index (χ0v) is 13.9. The summed E-state index contributed by atoms with van der Waals surface area (Å²) in [6.07, 6.45) is -5.78. The van der Waals surface area contributed by atoms with Gasteiger partial charge in [-0.05, 0) is 6.92 Å². The minimum atomic E-state index is -5.58. The number of alkyl halides is 6. The predicted molar refractivity (Wildman–Crippen MR) is 67.6 cm³/mol. The largest absolute Gasteiger partial charge is 0.756 e. The SMILES string of the molecule is CCn1cc[n+](C)c1C.O=P([O-])(OCC(F)(F)F)OCC(F)(F)F. The zero-order chi connectivity index (χ0) is 19.2. The van der Waals surface area contributed by atoms with Crippen molar-refractivity contribution in [2.24, 2.45) is 7.05 Å². The van der Waals surface area contributed by atoms with Crippen LogP contribution in [0.15, 0.2) is 12.4 Å². The summed E-state index contributed by atoms with van der Waals surface area (Å²) >= 11 is 0. The van der Waals surface area contributed by atoms with Gasteiger partial charge in [0.1, 0.15) is 12.4 Å². The van der Waals surface area contributed by atoms with Crippen molar-refractivity contribution < 1.29 is 49.4 Å². The van der Waals surface area contributed by atoms with Gasteiger partial charge in [-0.2, -0.15) is 26.3 Å². The fourth-order valence-corrected chi connectivity index (χ4v) is 1.96. The molecule has 0 aromatic carbocycles. The summed E-state index contributed by atoms with van der Waals surface area (Å²) in [4.78, 5) is 10.3. The number of hydrogen-bond donors (Lipinski definition) is 0. The molecule has 0 spiro atoms. The lowest BCUT2D eigenvalue weighted by molar-refractivity contribution is -0.677. The highest BCUT2D eigenvalue weighted by molar-refractivity contribution is 7.45. The summed E-state index contributed by atoms with van der Waals surface area (Å²) in [5, 5.41) is 0. The first kappa shape index (κ1) is 22.9. The molecule has 0 aliphatic rings. The van der Waals surface area contributed by atoms with E-state index in [0.717, 1.165) is 6.54 Å². The Balaban J connectivity index is 0.000000496. The lowest BCUT2D eigenvalue weighted by Crippen LogP contribution is -2.29. The van der Waals surface area contributed by atoms with Crippen LogP contribution in [-0.4, -0.2) is 30.1 Å². The zero-order valence-electron chi connectivity index (χ0n) is 13.0. The van der Waals surface area contributed by atoms with Gasteiger partial charge in [-0.25, -0.2) is 9.13 Å². The maximum Gasteiger partial charge on any atom is 0.412 e. The summed E-state index contributed by atoms with van der Waals surface area (Å²) in [7, 11) is -3.52. The third kappa shape index (κ3) is 10.6. The smallest absolute Gasteiger partial charge is 0.412 e. The van der Waals surface area contributed by atoms with Crippen LogP contribution in [0.4, 0.5) is 26.3 Å². The van der Waals surface area contributed by atoms with Crippen LogP contribution in [0, 0.1) is 6.92 Å². The molecule has 0 aliphatic heterocycles. The van der Waals surface area contributed by atoms with Gasteiger partial charge in [0.2, 0.25) is 0 Å². The highest BCUT2D eigenvalue weighted by atomic mass is 31.2. The number of nitrogens with zero attached hydrogens (tertiary/aromatic N) is 2. The van der Waals surface area contributed by atoms with Gasteiger partial charge in [-0.15, -0.1) is 0 Å². The van der Waals surface area contributed by atoms with Gasteiger partial charge in [-0.3, -0.25) is 4.57 Å². The van der Waals surface area contributed by atoms with Gasteiger partial charge in [0.05, 0.1) is 13.6 Å². The van der Waals surface area contributed by atoms with Crippen LogP contribution < -0.4 is 9.46 Å². The minimum absolute atomic E-state index is 1.06. The van der Waals surface area contributed by atoms with Crippen LogP contribution in [0.25, 0.3) is 0 Å². The minimum Gasteiger partial charge on any atom is -0.756 e. The number of rotatable bonds is 5. The van der Waals surface area contributed by atoms with Crippen molar-refractivity contribution in [3.8, 4) is 0 Å². The van der Waals surface area contributed by atoms with Gasteiger partial charge in [0, 0.05) is 6.92 Å². The van der Waals surface area contributed by atoms with Crippen LogP contribution in [0.5, 0.6) is 0 Å². The normalized spacial score (nSPS) is 12.8. The van der Waals surface area contributed by atoms with E-state index in [-0.39, 0.29) is 0 Å². The highest BCUT2D eigenvalue weighted by Crippen LogP contribution is 2.41.